The molecule has 2 aromatic carbocycles. The second kappa shape index (κ2) is 8.08. The predicted octanol–water partition coefficient (Wildman–Crippen LogP) is 2.84. The van der Waals surface area contributed by atoms with Gasteiger partial charge in [-0.3, -0.25) is 9.59 Å². The van der Waals surface area contributed by atoms with Gasteiger partial charge in [-0.2, -0.15) is 0 Å². The topological polar surface area (TPSA) is 87.7 Å². The molecule has 2 aromatic rings. The molecular formula is C20H20FN3O4. The van der Waals surface area contributed by atoms with E-state index in [1.807, 2.05) is 6.92 Å². The van der Waals surface area contributed by atoms with E-state index in [1.165, 1.54) is 12.1 Å². The second-order valence-electron chi connectivity index (χ2n) is 6.29. The lowest BCUT2D eigenvalue weighted by Gasteiger charge is -2.30. The van der Waals surface area contributed by atoms with E-state index in [-0.39, 0.29) is 12.2 Å². The largest absolute Gasteiger partial charge is 0.494 e. The third-order valence-corrected chi connectivity index (χ3v) is 4.34. The zero-order valence-electron chi connectivity index (χ0n) is 15.5. The lowest BCUT2D eigenvalue weighted by molar-refractivity contribution is -0.130. The van der Waals surface area contributed by atoms with Gasteiger partial charge in [-0.25, -0.2) is 14.1 Å². The van der Waals surface area contributed by atoms with Crippen molar-refractivity contribution < 1.29 is 23.5 Å². The fraction of sp³-hybridized carbons (Fsp3) is 0.250. The molecule has 0 aliphatic carbocycles. The van der Waals surface area contributed by atoms with Crippen molar-refractivity contribution in [2.75, 3.05) is 23.4 Å². The number of hydrogen-bond donors (Lipinski definition) is 2. The number of imide groups is 1. The summed E-state index contributed by atoms with van der Waals surface area (Å²) in [6, 6.07) is 10.1. The summed E-state index contributed by atoms with van der Waals surface area (Å²) in [5, 5.41) is 5.06. The molecule has 1 aliphatic rings. The van der Waals surface area contributed by atoms with E-state index < -0.39 is 29.6 Å². The molecule has 7 nitrogen and oxygen atoms in total. The minimum atomic E-state index is -1.13. The first-order valence-corrected chi connectivity index (χ1v) is 8.82. The van der Waals surface area contributed by atoms with Crippen LogP contribution in [0.5, 0.6) is 5.75 Å². The zero-order chi connectivity index (χ0) is 20.3. The number of nitrogens with one attached hydrogen (secondary N) is 2. The number of aryl methyl sites for hydroxylation is 1. The summed E-state index contributed by atoms with van der Waals surface area (Å²) >= 11 is 0. The molecule has 4 amide bonds. The number of rotatable bonds is 5. The van der Waals surface area contributed by atoms with Crippen LogP contribution in [0.2, 0.25) is 0 Å². The third kappa shape index (κ3) is 3.95. The maximum Gasteiger partial charge on any atom is 0.328 e. The maximum absolute atomic E-state index is 13.7. The fourth-order valence-electron chi connectivity index (χ4n) is 2.82. The molecule has 1 unspecified atom stereocenters. The minimum Gasteiger partial charge on any atom is -0.494 e. The van der Waals surface area contributed by atoms with Crippen LogP contribution in [-0.4, -0.2) is 31.0 Å². The number of urea groups is 1. The van der Waals surface area contributed by atoms with Crippen molar-refractivity contribution in [2.24, 2.45) is 5.92 Å². The Morgan fingerprint density at radius 3 is 2.61 bits per heavy atom. The standard InChI is InChI=1S/C20H20FN3O4/c1-3-28-15-8-6-14(7-9-15)24-19(26)16(11-22-20(24)27)18(25)23-13-5-4-12(2)17(21)10-13/h4-10,16H,3,11H2,1-2H3,(H,22,27)(H,23,25). The summed E-state index contributed by atoms with van der Waals surface area (Å²) in [4.78, 5) is 38.5. The number of amides is 4. The monoisotopic (exact) mass is 385 g/mol. The molecule has 146 valence electrons. The molecule has 2 N–H and O–H groups in total. The van der Waals surface area contributed by atoms with Gasteiger partial charge < -0.3 is 15.4 Å². The van der Waals surface area contributed by atoms with Gasteiger partial charge in [0.25, 0.3) is 0 Å². The van der Waals surface area contributed by atoms with E-state index >= 15 is 0 Å². The van der Waals surface area contributed by atoms with Gasteiger partial charge in [0.15, 0.2) is 0 Å². The molecule has 0 spiro atoms. The van der Waals surface area contributed by atoms with Crippen molar-refractivity contribution in [3.63, 3.8) is 0 Å². The summed E-state index contributed by atoms with van der Waals surface area (Å²) in [7, 11) is 0. The van der Waals surface area contributed by atoms with Gasteiger partial charge in [0.2, 0.25) is 11.8 Å². The number of halogens is 1. The lowest BCUT2D eigenvalue weighted by Crippen LogP contribution is -2.58. The molecule has 1 heterocycles. The third-order valence-electron chi connectivity index (χ3n) is 4.34. The highest BCUT2D eigenvalue weighted by atomic mass is 19.1. The average Bonchev–Trinajstić information content (AvgIpc) is 2.66. The van der Waals surface area contributed by atoms with E-state index in [2.05, 4.69) is 10.6 Å². The van der Waals surface area contributed by atoms with Crippen molar-refractivity contribution >= 4 is 29.2 Å². The van der Waals surface area contributed by atoms with Crippen LogP contribution in [0.25, 0.3) is 0 Å². The summed E-state index contributed by atoms with van der Waals surface area (Å²) < 4.78 is 19.0. The second-order valence-corrected chi connectivity index (χ2v) is 6.29. The van der Waals surface area contributed by atoms with Gasteiger partial charge in [-0.05, 0) is 55.8 Å². The quantitative estimate of drug-likeness (QED) is 0.775. The zero-order valence-corrected chi connectivity index (χ0v) is 15.5. The number of carbonyl (C=O) groups excluding carboxylic acids is 3. The number of benzene rings is 2. The Bertz CT molecular complexity index is 914. The molecule has 1 atom stereocenters. The molecule has 0 radical (unpaired) electrons. The molecule has 0 aromatic heterocycles. The molecule has 0 bridgehead atoms. The van der Waals surface area contributed by atoms with Crippen LogP contribution in [0.4, 0.5) is 20.6 Å². The van der Waals surface area contributed by atoms with Gasteiger partial charge in [-0.1, -0.05) is 6.07 Å². The summed E-state index contributed by atoms with van der Waals surface area (Å²) in [5.74, 6) is -2.26. The normalized spacial score (nSPS) is 16.5. The number of nitrogens with zero attached hydrogens (tertiary/aromatic N) is 1. The van der Waals surface area contributed by atoms with Crippen molar-refractivity contribution in [2.45, 2.75) is 13.8 Å². The van der Waals surface area contributed by atoms with E-state index in [0.29, 0.717) is 23.6 Å². The van der Waals surface area contributed by atoms with Gasteiger partial charge in [-0.15, -0.1) is 0 Å². The van der Waals surface area contributed by atoms with Gasteiger partial charge >= 0.3 is 6.03 Å². The smallest absolute Gasteiger partial charge is 0.328 e. The summed E-state index contributed by atoms with van der Waals surface area (Å²) in [5.41, 5.74) is 1.01. The Morgan fingerprint density at radius 2 is 1.96 bits per heavy atom. The molecule has 1 saturated heterocycles. The van der Waals surface area contributed by atoms with Crippen molar-refractivity contribution in [1.82, 2.24) is 5.32 Å². The van der Waals surface area contributed by atoms with E-state index in [9.17, 15) is 18.8 Å². The Hall–Kier alpha value is -3.42. The Kier molecular flexibility index (Phi) is 5.58. The van der Waals surface area contributed by atoms with Gasteiger partial charge in [0.1, 0.15) is 17.5 Å². The van der Waals surface area contributed by atoms with Crippen molar-refractivity contribution in [3.8, 4) is 5.75 Å². The number of carbonyl (C=O) groups is 3. The van der Waals surface area contributed by atoms with Gasteiger partial charge in [0, 0.05) is 12.2 Å². The van der Waals surface area contributed by atoms with Crippen LogP contribution >= 0.6 is 0 Å². The van der Waals surface area contributed by atoms with Crippen molar-refractivity contribution in [3.05, 3.63) is 53.8 Å². The highest BCUT2D eigenvalue weighted by molar-refractivity contribution is 6.23. The van der Waals surface area contributed by atoms with Crippen LogP contribution < -0.4 is 20.3 Å². The molecule has 28 heavy (non-hydrogen) atoms. The molecule has 8 heteroatoms. The van der Waals surface area contributed by atoms with E-state index in [4.69, 9.17) is 4.74 Å². The molecule has 0 saturated carbocycles. The lowest BCUT2D eigenvalue weighted by atomic mass is 10.0. The minimum absolute atomic E-state index is 0.134. The number of hydrogen-bond acceptors (Lipinski definition) is 4. The van der Waals surface area contributed by atoms with Gasteiger partial charge in [0.05, 0.1) is 12.3 Å². The molecule has 1 aliphatic heterocycles. The van der Waals surface area contributed by atoms with Crippen LogP contribution in [0.15, 0.2) is 42.5 Å². The maximum atomic E-state index is 13.7. The van der Waals surface area contributed by atoms with E-state index in [1.54, 1.807) is 37.3 Å². The highest BCUT2D eigenvalue weighted by Crippen LogP contribution is 2.24. The predicted molar refractivity (Wildman–Crippen MR) is 102 cm³/mol. The van der Waals surface area contributed by atoms with Crippen molar-refractivity contribution in [1.29, 1.82) is 0 Å². The van der Waals surface area contributed by atoms with E-state index in [0.717, 1.165) is 4.90 Å². The molecular weight excluding hydrogens is 365 g/mol. The summed E-state index contributed by atoms with van der Waals surface area (Å²) in [6.45, 7) is 3.81. The van der Waals surface area contributed by atoms with Crippen LogP contribution in [0.1, 0.15) is 12.5 Å². The fourth-order valence-corrected chi connectivity index (χ4v) is 2.82. The number of anilines is 2. The van der Waals surface area contributed by atoms with Crippen LogP contribution in [0.3, 0.4) is 0 Å². The first kappa shape index (κ1) is 19.3. The van der Waals surface area contributed by atoms with Crippen LogP contribution in [-0.2, 0) is 9.59 Å². The Morgan fingerprint density at radius 1 is 1.25 bits per heavy atom. The van der Waals surface area contributed by atoms with Crippen LogP contribution in [0, 0.1) is 18.7 Å². The molecule has 1 fully saturated rings. The Balaban J connectivity index is 1.77. The summed E-state index contributed by atoms with van der Waals surface area (Å²) in [6.07, 6.45) is 0. The first-order chi connectivity index (χ1) is 13.4. The highest BCUT2D eigenvalue weighted by Gasteiger charge is 2.39. The first-order valence-electron chi connectivity index (χ1n) is 8.82. The SMILES string of the molecule is CCOc1ccc(N2C(=O)NCC(C(=O)Nc3ccc(C)c(F)c3)C2=O)cc1. The number of ether oxygens (including phenoxy) is 1. The average molecular weight is 385 g/mol. The molecule has 3 rings (SSSR count). The Labute approximate surface area is 161 Å².